The van der Waals surface area contributed by atoms with E-state index in [0.29, 0.717) is 28.7 Å². The summed E-state index contributed by atoms with van der Waals surface area (Å²) in [7, 11) is 3.07. The number of nitrogens with zero attached hydrogens (tertiary/aromatic N) is 1. The van der Waals surface area contributed by atoms with Crippen LogP contribution in [-0.2, 0) is 11.3 Å². The Bertz CT molecular complexity index is 877. The summed E-state index contributed by atoms with van der Waals surface area (Å²) in [6.07, 6.45) is 1.61. The van der Waals surface area contributed by atoms with E-state index in [1.165, 1.54) is 14.2 Å². The monoisotopic (exact) mass is 353 g/mol. The van der Waals surface area contributed by atoms with Gasteiger partial charge in [0.15, 0.2) is 12.4 Å². The molecule has 0 fully saturated rings. The fourth-order valence-electron chi connectivity index (χ4n) is 2.53. The molecule has 0 N–H and O–H groups in total. The van der Waals surface area contributed by atoms with Crippen LogP contribution in [0.3, 0.4) is 0 Å². The average Bonchev–Trinajstić information content (AvgIpc) is 3.16. The van der Waals surface area contributed by atoms with Gasteiger partial charge in [-0.2, -0.15) is 0 Å². The van der Waals surface area contributed by atoms with E-state index >= 15 is 0 Å². The van der Waals surface area contributed by atoms with Gasteiger partial charge in [-0.1, -0.05) is 30.3 Å². The average molecular weight is 353 g/mol. The molecule has 134 valence electrons. The van der Waals surface area contributed by atoms with Crippen molar-refractivity contribution in [3.63, 3.8) is 0 Å². The quantitative estimate of drug-likeness (QED) is 0.623. The van der Waals surface area contributed by atoms with Crippen LogP contribution < -0.4 is 9.47 Å². The normalized spacial score (nSPS) is 10.4. The summed E-state index contributed by atoms with van der Waals surface area (Å²) in [5.74, 6) is 1.54. The lowest BCUT2D eigenvalue weighted by molar-refractivity contribution is 0.0438. The highest BCUT2D eigenvalue weighted by Gasteiger charge is 2.16. The third-order valence-corrected chi connectivity index (χ3v) is 3.93. The molecule has 0 unspecified atom stereocenters. The minimum absolute atomic E-state index is 0.0653. The van der Waals surface area contributed by atoms with Crippen molar-refractivity contribution >= 4 is 5.97 Å². The molecule has 0 atom stereocenters. The molecule has 0 radical (unpaired) electrons. The van der Waals surface area contributed by atoms with Crippen molar-refractivity contribution in [2.45, 2.75) is 13.5 Å². The van der Waals surface area contributed by atoms with Crippen LogP contribution in [0.15, 0.2) is 53.1 Å². The van der Waals surface area contributed by atoms with Crippen molar-refractivity contribution < 1.29 is 23.4 Å². The first-order valence-electron chi connectivity index (χ1n) is 8.02. The van der Waals surface area contributed by atoms with E-state index in [0.717, 1.165) is 11.1 Å². The molecule has 0 saturated heterocycles. The Kier molecular flexibility index (Phi) is 5.22. The Balaban J connectivity index is 1.71. The van der Waals surface area contributed by atoms with Crippen molar-refractivity contribution in [2.75, 3.05) is 14.2 Å². The van der Waals surface area contributed by atoms with Crippen molar-refractivity contribution in [1.82, 2.24) is 4.98 Å². The van der Waals surface area contributed by atoms with Gasteiger partial charge in [-0.05, 0) is 19.1 Å². The van der Waals surface area contributed by atoms with Crippen LogP contribution >= 0.6 is 0 Å². The van der Waals surface area contributed by atoms with Gasteiger partial charge in [0.05, 0.1) is 26.0 Å². The van der Waals surface area contributed by atoms with Gasteiger partial charge >= 0.3 is 5.97 Å². The Morgan fingerprint density at radius 1 is 1.08 bits per heavy atom. The summed E-state index contributed by atoms with van der Waals surface area (Å²) >= 11 is 0. The largest absolute Gasteiger partial charge is 0.496 e. The van der Waals surface area contributed by atoms with E-state index in [9.17, 15) is 4.79 Å². The summed E-state index contributed by atoms with van der Waals surface area (Å²) in [4.78, 5) is 16.5. The molecule has 0 aliphatic carbocycles. The standard InChI is InChI=1S/C20H19NO5/c1-13-16(23-2)9-15(10-17(13)24-3)20(22)25-12-19-21-11-18(26-19)14-7-5-4-6-8-14/h4-11H,12H2,1-3H3. The molecule has 1 heterocycles. The fourth-order valence-corrected chi connectivity index (χ4v) is 2.53. The number of hydrogen-bond donors (Lipinski definition) is 0. The van der Waals surface area contributed by atoms with Gasteiger partial charge in [0.2, 0.25) is 5.89 Å². The molecule has 1 aromatic heterocycles. The van der Waals surface area contributed by atoms with E-state index < -0.39 is 5.97 Å². The SMILES string of the molecule is COc1cc(C(=O)OCc2ncc(-c3ccccc3)o2)cc(OC)c1C. The van der Waals surface area contributed by atoms with Gasteiger partial charge in [0, 0.05) is 11.1 Å². The summed E-state index contributed by atoms with van der Waals surface area (Å²) < 4.78 is 21.5. The molecule has 0 bridgehead atoms. The maximum Gasteiger partial charge on any atom is 0.338 e. The summed E-state index contributed by atoms with van der Waals surface area (Å²) in [5.41, 5.74) is 2.05. The Hall–Kier alpha value is -3.28. The van der Waals surface area contributed by atoms with Gasteiger partial charge in [-0.25, -0.2) is 9.78 Å². The zero-order valence-corrected chi connectivity index (χ0v) is 14.8. The van der Waals surface area contributed by atoms with E-state index in [1.807, 2.05) is 37.3 Å². The highest BCUT2D eigenvalue weighted by atomic mass is 16.5. The lowest BCUT2D eigenvalue weighted by Crippen LogP contribution is -2.07. The molecule has 2 aromatic carbocycles. The molecule has 0 aliphatic heterocycles. The number of benzene rings is 2. The fraction of sp³-hybridized carbons (Fsp3) is 0.200. The second kappa shape index (κ2) is 7.74. The molecule has 0 spiro atoms. The van der Waals surface area contributed by atoms with Gasteiger partial charge in [-0.15, -0.1) is 0 Å². The van der Waals surface area contributed by atoms with Crippen LogP contribution in [-0.4, -0.2) is 25.2 Å². The van der Waals surface area contributed by atoms with Gasteiger partial charge in [0.1, 0.15) is 11.5 Å². The summed E-state index contributed by atoms with van der Waals surface area (Å²) in [6.45, 7) is 1.79. The van der Waals surface area contributed by atoms with Crippen LogP contribution in [0.1, 0.15) is 21.8 Å². The Morgan fingerprint density at radius 2 is 1.73 bits per heavy atom. The van der Waals surface area contributed by atoms with Gasteiger partial charge < -0.3 is 18.6 Å². The maximum atomic E-state index is 12.3. The summed E-state index contributed by atoms with van der Waals surface area (Å²) in [5, 5.41) is 0. The smallest absolute Gasteiger partial charge is 0.338 e. The molecular weight excluding hydrogens is 334 g/mol. The van der Waals surface area contributed by atoms with Crippen molar-refractivity contribution in [3.8, 4) is 22.8 Å². The molecule has 0 amide bonds. The van der Waals surface area contributed by atoms with E-state index in [-0.39, 0.29) is 6.61 Å². The first-order chi connectivity index (χ1) is 12.6. The molecule has 26 heavy (non-hydrogen) atoms. The third-order valence-electron chi connectivity index (χ3n) is 3.93. The Morgan fingerprint density at radius 3 is 2.35 bits per heavy atom. The zero-order chi connectivity index (χ0) is 18.5. The second-order valence-electron chi connectivity index (χ2n) is 5.57. The molecule has 6 nitrogen and oxygen atoms in total. The number of carbonyl (C=O) groups excluding carboxylic acids is 1. The molecule has 0 aliphatic rings. The highest BCUT2D eigenvalue weighted by molar-refractivity contribution is 5.90. The number of hydrogen-bond acceptors (Lipinski definition) is 6. The number of aromatic nitrogens is 1. The second-order valence-corrected chi connectivity index (χ2v) is 5.57. The van der Waals surface area contributed by atoms with Crippen LogP contribution in [0.5, 0.6) is 11.5 Å². The van der Waals surface area contributed by atoms with Crippen LogP contribution in [0.4, 0.5) is 0 Å². The lowest BCUT2D eigenvalue weighted by Gasteiger charge is -2.12. The lowest BCUT2D eigenvalue weighted by atomic mass is 10.1. The highest BCUT2D eigenvalue weighted by Crippen LogP contribution is 2.30. The van der Waals surface area contributed by atoms with Crippen LogP contribution in [0.25, 0.3) is 11.3 Å². The zero-order valence-electron chi connectivity index (χ0n) is 14.8. The van der Waals surface area contributed by atoms with E-state index in [4.69, 9.17) is 18.6 Å². The number of rotatable bonds is 6. The first-order valence-corrected chi connectivity index (χ1v) is 8.02. The predicted octanol–water partition coefficient (Wildman–Crippen LogP) is 4.02. The number of esters is 1. The van der Waals surface area contributed by atoms with Crippen LogP contribution in [0.2, 0.25) is 0 Å². The van der Waals surface area contributed by atoms with Crippen molar-refractivity contribution in [3.05, 3.63) is 65.7 Å². The topological polar surface area (TPSA) is 70.8 Å². The Labute approximate surface area is 151 Å². The molecule has 0 saturated carbocycles. The molecule has 3 aromatic rings. The van der Waals surface area contributed by atoms with Crippen molar-refractivity contribution in [1.29, 1.82) is 0 Å². The predicted molar refractivity (Wildman–Crippen MR) is 95.3 cm³/mol. The van der Waals surface area contributed by atoms with Gasteiger partial charge in [-0.3, -0.25) is 0 Å². The number of ether oxygens (including phenoxy) is 3. The molecular formula is C20H19NO5. The minimum atomic E-state index is -0.513. The minimum Gasteiger partial charge on any atom is -0.496 e. The number of carbonyl (C=O) groups is 1. The van der Waals surface area contributed by atoms with Crippen molar-refractivity contribution in [2.24, 2.45) is 0 Å². The molecule has 3 rings (SSSR count). The number of methoxy groups -OCH3 is 2. The maximum absolute atomic E-state index is 12.3. The summed E-state index contributed by atoms with van der Waals surface area (Å²) in [6, 6.07) is 12.8. The van der Waals surface area contributed by atoms with E-state index in [1.54, 1.807) is 18.3 Å². The number of oxazole rings is 1. The molecule has 6 heteroatoms. The third kappa shape index (κ3) is 3.69. The van der Waals surface area contributed by atoms with Gasteiger partial charge in [0.25, 0.3) is 0 Å². The first kappa shape index (κ1) is 17.5. The van der Waals surface area contributed by atoms with E-state index in [2.05, 4.69) is 4.98 Å². The van der Waals surface area contributed by atoms with Crippen LogP contribution in [0, 0.1) is 6.92 Å².